The molecule has 1 aliphatic rings. The molecule has 1 atom stereocenters. The molecule has 1 N–H and O–H groups in total. The molecule has 0 aliphatic carbocycles. The first-order chi connectivity index (χ1) is 8.88. The van der Waals surface area contributed by atoms with E-state index in [0.29, 0.717) is 4.88 Å². The molecular formula is C11H11BrN2O4S. The number of halogens is 1. The van der Waals surface area contributed by atoms with Gasteiger partial charge in [0.05, 0.1) is 10.9 Å². The molecule has 2 heterocycles. The molecule has 0 bridgehead atoms. The minimum Gasteiger partial charge on any atom is -0.468 e. The molecule has 102 valence electrons. The SMILES string of the molecule is COC(=O)CN1C(=O)NC(C)(c2ccc(Br)s2)C1=O. The Hall–Kier alpha value is -1.41. The third-order valence-electron chi connectivity index (χ3n) is 2.86. The number of ether oxygens (including phenoxy) is 1. The number of amides is 3. The first-order valence-electron chi connectivity index (χ1n) is 5.35. The van der Waals surface area contributed by atoms with Crippen molar-refractivity contribution in [2.45, 2.75) is 12.5 Å². The van der Waals surface area contributed by atoms with Crippen LogP contribution >= 0.6 is 27.3 Å². The van der Waals surface area contributed by atoms with Gasteiger partial charge in [-0.1, -0.05) is 0 Å². The quantitative estimate of drug-likeness (QED) is 0.663. The Balaban J connectivity index is 2.28. The lowest BCUT2D eigenvalue weighted by molar-refractivity contribution is -0.145. The van der Waals surface area contributed by atoms with E-state index in [1.807, 2.05) is 0 Å². The van der Waals surface area contributed by atoms with E-state index in [0.717, 1.165) is 8.69 Å². The Bertz CT molecular complexity index is 559. The van der Waals surface area contributed by atoms with Crippen molar-refractivity contribution in [3.05, 3.63) is 20.8 Å². The van der Waals surface area contributed by atoms with Gasteiger partial charge in [0.1, 0.15) is 6.54 Å². The van der Waals surface area contributed by atoms with E-state index in [9.17, 15) is 14.4 Å². The lowest BCUT2D eigenvalue weighted by atomic mass is 10.0. The summed E-state index contributed by atoms with van der Waals surface area (Å²) in [7, 11) is 1.20. The van der Waals surface area contributed by atoms with Gasteiger partial charge in [-0.25, -0.2) is 4.79 Å². The van der Waals surface area contributed by atoms with Crippen LogP contribution in [0, 0.1) is 0 Å². The number of rotatable bonds is 3. The molecule has 1 aromatic heterocycles. The van der Waals surface area contributed by atoms with Crippen molar-refractivity contribution >= 4 is 45.2 Å². The zero-order chi connectivity index (χ0) is 14.2. The maximum Gasteiger partial charge on any atom is 0.325 e. The van der Waals surface area contributed by atoms with Gasteiger partial charge in [-0.05, 0) is 35.0 Å². The maximum absolute atomic E-state index is 12.3. The Labute approximate surface area is 121 Å². The fourth-order valence-corrected chi connectivity index (χ4v) is 3.26. The molecule has 0 spiro atoms. The maximum atomic E-state index is 12.3. The van der Waals surface area contributed by atoms with Crippen LogP contribution in [-0.2, 0) is 19.9 Å². The molecule has 8 heteroatoms. The van der Waals surface area contributed by atoms with Crippen LogP contribution in [0.1, 0.15) is 11.8 Å². The van der Waals surface area contributed by atoms with E-state index in [-0.39, 0.29) is 6.54 Å². The van der Waals surface area contributed by atoms with Crippen LogP contribution in [0.4, 0.5) is 4.79 Å². The van der Waals surface area contributed by atoms with Crippen molar-refractivity contribution in [1.82, 2.24) is 10.2 Å². The van der Waals surface area contributed by atoms with Crippen LogP contribution in [0.2, 0.25) is 0 Å². The fraction of sp³-hybridized carbons (Fsp3) is 0.364. The van der Waals surface area contributed by atoms with E-state index >= 15 is 0 Å². The molecule has 6 nitrogen and oxygen atoms in total. The van der Waals surface area contributed by atoms with Gasteiger partial charge in [0, 0.05) is 4.88 Å². The van der Waals surface area contributed by atoms with E-state index in [2.05, 4.69) is 26.0 Å². The molecule has 0 aromatic carbocycles. The summed E-state index contributed by atoms with van der Waals surface area (Å²) in [5.74, 6) is -1.10. The van der Waals surface area contributed by atoms with Crippen molar-refractivity contribution in [1.29, 1.82) is 0 Å². The zero-order valence-corrected chi connectivity index (χ0v) is 12.6. The summed E-state index contributed by atoms with van der Waals surface area (Å²) in [5, 5.41) is 2.61. The summed E-state index contributed by atoms with van der Waals surface area (Å²) in [6, 6.07) is 2.96. The molecule has 1 fully saturated rings. The molecule has 19 heavy (non-hydrogen) atoms. The number of thiophene rings is 1. The summed E-state index contributed by atoms with van der Waals surface area (Å²) in [5.41, 5.74) is -1.14. The lowest BCUT2D eigenvalue weighted by Crippen LogP contribution is -2.41. The van der Waals surface area contributed by atoms with Crippen LogP contribution in [0.3, 0.4) is 0 Å². The van der Waals surface area contributed by atoms with Crippen molar-refractivity contribution in [2.24, 2.45) is 0 Å². The predicted octanol–water partition coefficient (Wildman–Crippen LogP) is 1.45. The van der Waals surface area contributed by atoms with Crippen LogP contribution < -0.4 is 5.32 Å². The molecule has 1 aromatic rings. The average Bonchev–Trinajstić information content (AvgIpc) is 2.88. The first kappa shape index (κ1) is 14.0. The van der Waals surface area contributed by atoms with E-state index in [1.54, 1.807) is 19.1 Å². The fourth-order valence-electron chi connectivity index (χ4n) is 1.78. The van der Waals surface area contributed by atoms with Gasteiger partial charge < -0.3 is 10.1 Å². The van der Waals surface area contributed by atoms with Gasteiger partial charge in [-0.3, -0.25) is 14.5 Å². The van der Waals surface area contributed by atoms with Gasteiger partial charge in [0.2, 0.25) is 0 Å². The molecule has 1 unspecified atom stereocenters. The van der Waals surface area contributed by atoms with Crippen molar-refractivity contribution in [2.75, 3.05) is 13.7 Å². The number of nitrogens with zero attached hydrogens (tertiary/aromatic N) is 1. The summed E-state index contributed by atoms with van der Waals surface area (Å²) in [6.45, 7) is 1.23. The number of carbonyl (C=O) groups excluding carboxylic acids is 3. The number of urea groups is 1. The van der Waals surface area contributed by atoms with Gasteiger partial charge in [0.15, 0.2) is 5.54 Å². The van der Waals surface area contributed by atoms with Gasteiger partial charge in [-0.2, -0.15) is 0 Å². The number of esters is 1. The van der Waals surface area contributed by atoms with Gasteiger partial charge in [0.25, 0.3) is 5.91 Å². The number of nitrogens with one attached hydrogen (secondary N) is 1. The largest absolute Gasteiger partial charge is 0.468 e. The highest BCUT2D eigenvalue weighted by atomic mass is 79.9. The Morgan fingerprint density at radius 2 is 2.21 bits per heavy atom. The number of carbonyl (C=O) groups is 3. The molecule has 3 amide bonds. The molecular weight excluding hydrogens is 336 g/mol. The van der Waals surface area contributed by atoms with Crippen LogP contribution in [-0.4, -0.2) is 36.5 Å². The summed E-state index contributed by atoms with van der Waals surface area (Å²) in [4.78, 5) is 36.9. The highest BCUT2D eigenvalue weighted by Crippen LogP contribution is 2.35. The van der Waals surface area contributed by atoms with E-state index in [1.165, 1.54) is 18.4 Å². The predicted molar refractivity (Wildman–Crippen MR) is 71.6 cm³/mol. The van der Waals surface area contributed by atoms with E-state index < -0.39 is 23.4 Å². The highest BCUT2D eigenvalue weighted by Gasteiger charge is 2.50. The first-order valence-corrected chi connectivity index (χ1v) is 6.96. The topological polar surface area (TPSA) is 75.7 Å². The summed E-state index contributed by atoms with van der Waals surface area (Å²) in [6.07, 6.45) is 0. The van der Waals surface area contributed by atoms with Crippen LogP contribution in [0.5, 0.6) is 0 Å². The van der Waals surface area contributed by atoms with Crippen LogP contribution in [0.15, 0.2) is 15.9 Å². The third kappa shape index (κ3) is 2.37. The monoisotopic (exact) mass is 346 g/mol. The summed E-state index contributed by atoms with van der Waals surface area (Å²) < 4.78 is 5.33. The molecule has 1 saturated heterocycles. The minimum absolute atomic E-state index is 0.386. The lowest BCUT2D eigenvalue weighted by Gasteiger charge is -2.19. The second-order valence-electron chi connectivity index (χ2n) is 4.13. The van der Waals surface area contributed by atoms with Crippen molar-refractivity contribution in [3.8, 4) is 0 Å². The number of hydrogen-bond donors (Lipinski definition) is 1. The van der Waals surface area contributed by atoms with E-state index in [4.69, 9.17) is 0 Å². The number of hydrogen-bond acceptors (Lipinski definition) is 5. The highest BCUT2D eigenvalue weighted by molar-refractivity contribution is 9.11. The second kappa shape index (κ2) is 4.93. The van der Waals surface area contributed by atoms with Crippen molar-refractivity contribution in [3.63, 3.8) is 0 Å². The minimum atomic E-state index is -1.14. The smallest absolute Gasteiger partial charge is 0.325 e. The molecule has 1 aliphatic heterocycles. The van der Waals surface area contributed by atoms with Gasteiger partial charge in [-0.15, -0.1) is 11.3 Å². The zero-order valence-electron chi connectivity index (χ0n) is 10.2. The van der Waals surface area contributed by atoms with Gasteiger partial charge >= 0.3 is 12.0 Å². The Morgan fingerprint density at radius 3 is 2.74 bits per heavy atom. The normalized spacial score (nSPS) is 22.6. The Morgan fingerprint density at radius 1 is 1.53 bits per heavy atom. The average molecular weight is 347 g/mol. The molecule has 0 saturated carbocycles. The number of methoxy groups -OCH3 is 1. The van der Waals surface area contributed by atoms with Crippen molar-refractivity contribution < 1.29 is 19.1 Å². The molecule has 0 radical (unpaired) electrons. The van der Waals surface area contributed by atoms with Crippen LogP contribution in [0.25, 0.3) is 0 Å². The number of imide groups is 1. The Kier molecular flexibility index (Phi) is 3.64. The second-order valence-corrected chi connectivity index (χ2v) is 6.59. The molecule has 2 rings (SSSR count). The third-order valence-corrected chi connectivity index (χ3v) is 4.70. The summed E-state index contributed by atoms with van der Waals surface area (Å²) >= 11 is 4.67. The standard InChI is InChI=1S/C11H11BrN2O4S/c1-11(6-3-4-7(12)19-6)9(16)14(10(17)13-11)5-8(15)18-2/h3-4H,5H2,1-2H3,(H,13,17).